The Balaban J connectivity index is 1.72. The van der Waals surface area contributed by atoms with Gasteiger partial charge in [0.15, 0.2) is 11.6 Å². The maximum Gasteiger partial charge on any atom is 0.266 e. The number of carbonyl (C=O) groups excluding carboxylic acids is 1. The van der Waals surface area contributed by atoms with Gasteiger partial charge in [0.25, 0.3) is 5.91 Å². The number of nitrogens with zero attached hydrogens (tertiary/aromatic N) is 1. The van der Waals surface area contributed by atoms with Crippen LogP contribution in [-0.2, 0) is 16.0 Å². The summed E-state index contributed by atoms with van der Waals surface area (Å²) < 4.78 is 13.1. The normalized spacial score (nSPS) is 18.5. The van der Waals surface area contributed by atoms with E-state index in [2.05, 4.69) is 33.7 Å². The van der Waals surface area contributed by atoms with E-state index in [1.807, 2.05) is 78.9 Å². The first-order valence-electron chi connectivity index (χ1n) is 13.0. The lowest BCUT2D eigenvalue weighted by Gasteiger charge is -2.31. The molecule has 7 nitrogen and oxygen atoms in total. The van der Waals surface area contributed by atoms with Crippen LogP contribution in [0.15, 0.2) is 88.3 Å². The predicted molar refractivity (Wildman–Crippen MR) is 152 cm³/mol. The van der Waals surface area contributed by atoms with Gasteiger partial charge in [-0.15, -0.1) is 0 Å². The third-order valence-corrected chi connectivity index (χ3v) is 6.91. The fourth-order valence-electron chi connectivity index (χ4n) is 4.34. The Morgan fingerprint density at radius 1 is 1.05 bits per heavy atom. The van der Waals surface area contributed by atoms with Gasteiger partial charge in [-0.1, -0.05) is 71.7 Å². The zero-order valence-corrected chi connectivity index (χ0v) is 23.1. The Morgan fingerprint density at radius 2 is 1.79 bits per heavy atom. The molecule has 4 rings (SSSR count). The highest BCUT2D eigenvalue weighted by Crippen LogP contribution is 2.42. The van der Waals surface area contributed by atoms with Crippen LogP contribution in [0.2, 0.25) is 0 Å². The summed E-state index contributed by atoms with van der Waals surface area (Å²) in [5, 5.41) is 8.99. The van der Waals surface area contributed by atoms with E-state index in [9.17, 15) is 4.79 Å². The number of aliphatic hydroxyl groups is 1. The summed E-state index contributed by atoms with van der Waals surface area (Å²) in [4.78, 5) is 19.0. The summed E-state index contributed by atoms with van der Waals surface area (Å²) >= 11 is 3.50. The molecule has 0 aliphatic carbocycles. The molecule has 0 saturated heterocycles. The van der Waals surface area contributed by atoms with E-state index in [-0.39, 0.29) is 12.5 Å². The molecule has 3 aromatic carbocycles. The second-order valence-electron chi connectivity index (χ2n) is 9.24. The Hall–Kier alpha value is -3.20. The molecule has 0 spiro atoms. The Kier molecular flexibility index (Phi) is 9.92. The summed E-state index contributed by atoms with van der Waals surface area (Å²) in [6.45, 7) is 3.29. The van der Waals surface area contributed by atoms with Crippen LogP contribution in [0.3, 0.4) is 0 Å². The Labute approximate surface area is 232 Å². The van der Waals surface area contributed by atoms with Crippen molar-refractivity contribution in [3.63, 3.8) is 0 Å². The van der Waals surface area contributed by atoms with Crippen molar-refractivity contribution in [3.05, 3.63) is 100 Å². The number of hydrazine groups is 1. The number of aliphatic hydroxyl groups excluding tert-OH is 1. The molecule has 0 bridgehead atoms. The summed E-state index contributed by atoms with van der Waals surface area (Å²) in [5.74, 6) is 0.852. The van der Waals surface area contributed by atoms with Gasteiger partial charge in [0.05, 0.1) is 6.61 Å². The lowest BCUT2D eigenvalue weighted by molar-refractivity contribution is -0.130. The van der Waals surface area contributed by atoms with E-state index in [4.69, 9.17) is 19.6 Å². The van der Waals surface area contributed by atoms with Gasteiger partial charge in [-0.05, 0) is 53.9 Å². The largest absolute Gasteiger partial charge is 0.494 e. The molecular weight excluding hydrogens is 546 g/mol. The summed E-state index contributed by atoms with van der Waals surface area (Å²) in [6, 6.07) is 25.1. The number of nitrogens with one attached hydrogen (secondary N) is 2. The first-order chi connectivity index (χ1) is 18.6. The zero-order valence-electron chi connectivity index (χ0n) is 21.5. The first kappa shape index (κ1) is 27.8. The molecular formula is C30H34BrN3O4. The molecule has 0 fully saturated rings. The predicted octanol–water partition coefficient (Wildman–Crippen LogP) is 5.13. The number of ether oxygens (including phenoxy) is 2. The van der Waals surface area contributed by atoms with Crippen LogP contribution in [0.25, 0.3) is 0 Å². The van der Waals surface area contributed by atoms with Crippen LogP contribution >= 0.6 is 15.9 Å². The number of halogens is 1. The van der Waals surface area contributed by atoms with Crippen molar-refractivity contribution in [2.75, 3.05) is 19.8 Å². The van der Waals surface area contributed by atoms with Crippen molar-refractivity contribution in [3.8, 4) is 5.75 Å². The van der Waals surface area contributed by atoms with E-state index in [0.717, 1.165) is 34.0 Å². The van der Waals surface area contributed by atoms with Crippen molar-refractivity contribution < 1.29 is 19.4 Å². The van der Waals surface area contributed by atoms with Gasteiger partial charge in [0.1, 0.15) is 5.75 Å². The number of amides is 1. The minimum absolute atomic E-state index is 0.0828. The molecule has 3 N–H and O–H groups in total. The van der Waals surface area contributed by atoms with Crippen LogP contribution < -0.4 is 15.6 Å². The van der Waals surface area contributed by atoms with Crippen LogP contribution in [0.4, 0.5) is 0 Å². The smallest absolute Gasteiger partial charge is 0.266 e. The average molecular weight is 581 g/mol. The fraction of sp³-hybridized carbons (Fsp3) is 0.333. The van der Waals surface area contributed by atoms with E-state index in [1.165, 1.54) is 0 Å². The first-order valence-corrected chi connectivity index (χ1v) is 13.8. The highest BCUT2D eigenvalue weighted by Gasteiger charge is 2.53. The van der Waals surface area contributed by atoms with Gasteiger partial charge in [-0.25, -0.2) is 10.4 Å². The molecule has 1 aliphatic heterocycles. The molecule has 0 unspecified atom stereocenters. The monoisotopic (exact) mass is 579 g/mol. The molecule has 1 heterocycles. The minimum atomic E-state index is -1.24. The zero-order chi connectivity index (χ0) is 26.8. The lowest BCUT2D eigenvalue weighted by atomic mass is 9.82. The van der Waals surface area contributed by atoms with Crippen LogP contribution in [0.1, 0.15) is 49.0 Å². The summed E-state index contributed by atoms with van der Waals surface area (Å²) in [7, 11) is 0. The summed E-state index contributed by atoms with van der Waals surface area (Å²) in [5.41, 5.74) is 7.35. The number of hydrogen-bond donors (Lipinski definition) is 3. The van der Waals surface area contributed by atoms with Gasteiger partial charge in [0.2, 0.25) is 5.90 Å². The van der Waals surface area contributed by atoms with Gasteiger partial charge in [0, 0.05) is 36.0 Å². The van der Waals surface area contributed by atoms with E-state index in [0.29, 0.717) is 37.6 Å². The quantitative estimate of drug-likeness (QED) is 0.193. The van der Waals surface area contributed by atoms with E-state index < -0.39 is 11.6 Å². The molecule has 1 aliphatic rings. The molecule has 8 heteroatoms. The molecule has 200 valence electrons. The molecule has 1 amide bonds. The van der Waals surface area contributed by atoms with E-state index >= 15 is 0 Å². The van der Waals surface area contributed by atoms with E-state index in [1.54, 1.807) is 0 Å². The highest BCUT2D eigenvalue weighted by atomic mass is 79.9. The highest BCUT2D eigenvalue weighted by molar-refractivity contribution is 9.10. The fourth-order valence-corrected chi connectivity index (χ4v) is 4.60. The lowest BCUT2D eigenvalue weighted by Crippen LogP contribution is -2.54. The third kappa shape index (κ3) is 6.81. The molecule has 38 heavy (non-hydrogen) atoms. The van der Waals surface area contributed by atoms with Crippen molar-refractivity contribution in [1.29, 1.82) is 0 Å². The van der Waals surface area contributed by atoms with Crippen molar-refractivity contribution >= 4 is 27.7 Å². The van der Waals surface area contributed by atoms with Gasteiger partial charge < -0.3 is 14.6 Å². The number of aliphatic imine (C=N–C) groups is 1. The topological polar surface area (TPSA) is 92.2 Å². The molecule has 0 aromatic heterocycles. The third-order valence-electron chi connectivity index (χ3n) is 6.38. The van der Waals surface area contributed by atoms with Crippen molar-refractivity contribution in [1.82, 2.24) is 10.9 Å². The van der Waals surface area contributed by atoms with Crippen LogP contribution in [0, 0.1) is 0 Å². The van der Waals surface area contributed by atoms with Gasteiger partial charge in [-0.2, -0.15) is 0 Å². The molecule has 3 aromatic rings. The van der Waals surface area contributed by atoms with Crippen molar-refractivity contribution in [2.45, 2.75) is 44.2 Å². The number of hydrogen-bond acceptors (Lipinski definition) is 6. The van der Waals surface area contributed by atoms with Crippen molar-refractivity contribution in [2.24, 2.45) is 4.99 Å². The molecule has 0 radical (unpaired) electrons. The maximum atomic E-state index is 14.0. The molecule has 0 saturated carbocycles. The second-order valence-corrected chi connectivity index (χ2v) is 10.2. The Morgan fingerprint density at radius 3 is 2.47 bits per heavy atom. The number of rotatable bonds is 13. The van der Waals surface area contributed by atoms with Crippen LogP contribution in [0.5, 0.6) is 5.75 Å². The summed E-state index contributed by atoms with van der Waals surface area (Å²) in [6.07, 6.45) is 2.25. The minimum Gasteiger partial charge on any atom is -0.494 e. The average Bonchev–Trinajstić information content (AvgIpc) is 3.34. The molecule has 2 atom stereocenters. The number of carbonyl (C=O) groups is 1. The Bertz CT molecular complexity index is 1200. The number of unbranched alkanes of at least 4 members (excludes halogenated alkanes) is 1. The standard InChI is InChI=1S/C30H34BrN3O4/c1-2-3-18-32-34-29(36)30(21-22-10-14-25(31)15-11-22)27(23-8-5-4-6-9-23)38-28(33-30)24-12-16-26(17-13-24)37-20-7-19-35/h4-6,8-17,27,32,35H,2-3,7,18-21H2,1H3,(H,34,36)/t27-,30-/m0/s1. The SMILES string of the molecule is CCCCNNC(=O)[C@@]1(Cc2ccc(Br)cc2)N=C(c2ccc(OCCCO)cc2)O[C@H]1c1ccccc1. The van der Waals surface area contributed by atoms with Gasteiger partial charge >= 0.3 is 0 Å². The maximum absolute atomic E-state index is 14.0. The van der Waals surface area contributed by atoms with Crippen LogP contribution in [-0.4, -0.2) is 42.2 Å². The second kappa shape index (κ2) is 13.6. The van der Waals surface area contributed by atoms with Gasteiger partial charge in [-0.3, -0.25) is 10.2 Å². The number of benzene rings is 3.